The van der Waals surface area contributed by atoms with E-state index in [9.17, 15) is 4.79 Å². The summed E-state index contributed by atoms with van der Waals surface area (Å²) in [5.41, 5.74) is 0.554. The van der Waals surface area contributed by atoms with E-state index in [4.69, 9.17) is 11.6 Å². The second kappa shape index (κ2) is 5.62. The zero-order chi connectivity index (χ0) is 13.9. The summed E-state index contributed by atoms with van der Waals surface area (Å²) in [7, 11) is 0. The Morgan fingerprint density at radius 1 is 1.35 bits per heavy atom. The van der Waals surface area contributed by atoms with Gasteiger partial charge in [0.25, 0.3) is 0 Å². The summed E-state index contributed by atoms with van der Waals surface area (Å²) in [6, 6.07) is 0. The summed E-state index contributed by atoms with van der Waals surface area (Å²) in [4.78, 5) is 22.1. The number of nitrogens with zero attached hydrogens (tertiary/aromatic N) is 4. The van der Waals surface area contributed by atoms with Gasteiger partial charge in [-0.2, -0.15) is 15.1 Å². The Balaban J connectivity index is 1.70. The summed E-state index contributed by atoms with van der Waals surface area (Å²) < 4.78 is 0. The highest BCUT2D eigenvalue weighted by Gasteiger charge is 2.17. The minimum atomic E-state index is 0.0797. The number of aromatic nitrogens is 4. The molecule has 106 valence electrons. The second-order valence-electron chi connectivity index (χ2n) is 4.77. The van der Waals surface area contributed by atoms with Crippen LogP contribution >= 0.6 is 11.6 Å². The van der Waals surface area contributed by atoms with Gasteiger partial charge in [0.1, 0.15) is 5.82 Å². The smallest absolute Gasteiger partial charge is 0.241 e. The van der Waals surface area contributed by atoms with Crippen LogP contribution in [0.15, 0.2) is 6.20 Å². The number of H-pyrrole nitrogens is 1. The molecule has 8 heteroatoms. The van der Waals surface area contributed by atoms with Gasteiger partial charge in [0.15, 0.2) is 5.65 Å². The lowest BCUT2D eigenvalue weighted by Crippen LogP contribution is -2.39. The number of carbonyl (C=O) groups excluding carboxylic acids is 1. The largest absolute Gasteiger partial charge is 0.360 e. The molecule has 1 amide bonds. The maximum absolute atomic E-state index is 12.1. The first-order valence-electron chi connectivity index (χ1n) is 6.62. The predicted molar refractivity (Wildman–Crippen MR) is 75.6 cm³/mol. The number of anilines is 1. The molecular formula is C12H15ClN6O. The summed E-state index contributed by atoms with van der Waals surface area (Å²) >= 11 is 5.84. The molecule has 1 fully saturated rings. The summed E-state index contributed by atoms with van der Waals surface area (Å²) in [5, 5.41) is 10.5. The number of hydrogen-bond donors (Lipinski definition) is 2. The number of carbonyl (C=O) groups is 1. The molecule has 0 unspecified atom stereocenters. The minimum Gasteiger partial charge on any atom is -0.360 e. The Kier molecular flexibility index (Phi) is 3.68. The quantitative estimate of drug-likeness (QED) is 0.836. The van der Waals surface area contributed by atoms with Crippen LogP contribution in [0.3, 0.4) is 0 Å². The fraction of sp³-hybridized carbons (Fsp3) is 0.500. The van der Waals surface area contributed by atoms with E-state index in [2.05, 4.69) is 25.5 Å². The van der Waals surface area contributed by atoms with Crippen LogP contribution in [0.5, 0.6) is 0 Å². The SMILES string of the molecule is O=C(CNc1nc(Cl)nc2[nH]ncc12)N1CCCCC1. The van der Waals surface area contributed by atoms with E-state index < -0.39 is 0 Å². The average molecular weight is 295 g/mol. The van der Waals surface area contributed by atoms with Gasteiger partial charge < -0.3 is 10.2 Å². The zero-order valence-electron chi connectivity index (χ0n) is 10.9. The molecule has 0 aliphatic carbocycles. The first kappa shape index (κ1) is 13.1. The van der Waals surface area contributed by atoms with Gasteiger partial charge in [-0.15, -0.1) is 0 Å². The lowest BCUT2D eigenvalue weighted by atomic mass is 10.1. The van der Waals surface area contributed by atoms with E-state index in [1.165, 1.54) is 6.42 Å². The molecule has 2 aromatic rings. The molecule has 0 radical (unpaired) electrons. The van der Waals surface area contributed by atoms with Gasteiger partial charge in [0.05, 0.1) is 18.1 Å². The number of aromatic amines is 1. The minimum absolute atomic E-state index is 0.0797. The van der Waals surface area contributed by atoms with Gasteiger partial charge in [0, 0.05) is 13.1 Å². The highest BCUT2D eigenvalue weighted by molar-refractivity contribution is 6.28. The molecule has 3 heterocycles. The van der Waals surface area contributed by atoms with Gasteiger partial charge in [-0.05, 0) is 30.9 Å². The molecule has 3 rings (SSSR count). The van der Waals surface area contributed by atoms with Crippen LogP contribution < -0.4 is 5.32 Å². The van der Waals surface area contributed by atoms with Gasteiger partial charge >= 0.3 is 0 Å². The Bertz CT molecular complexity index is 621. The van der Waals surface area contributed by atoms with E-state index in [-0.39, 0.29) is 17.7 Å². The van der Waals surface area contributed by atoms with Crippen LogP contribution in [0.2, 0.25) is 5.28 Å². The van der Waals surface area contributed by atoms with Crippen molar-refractivity contribution in [1.82, 2.24) is 25.1 Å². The van der Waals surface area contributed by atoms with Crippen molar-refractivity contribution in [2.45, 2.75) is 19.3 Å². The monoisotopic (exact) mass is 294 g/mol. The Labute approximate surface area is 120 Å². The van der Waals surface area contributed by atoms with E-state index in [1.54, 1.807) is 6.20 Å². The van der Waals surface area contributed by atoms with Crippen molar-refractivity contribution < 1.29 is 4.79 Å². The third-order valence-corrected chi connectivity index (χ3v) is 3.57. The van der Waals surface area contributed by atoms with Crippen LogP contribution in [0, 0.1) is 0 Å². The van der Waals surface area contributed by atoms with Crippen LogP contribution in [-0.2, 0) is 4.79 Å². The lowest BCUT2D eigenvalue weighted by molar-refractivity contribution is -0.130. The Morgan fingerprint density at radius 3 is 2.95 bits per heavy atom. The van der Waals surface area contributed by atoms with Crippen LogP contribution in [-0.4, -0.2) is 50.6 Å². The van der Waals surface area contributed by atoms with Gasteiger partial charge in [-0.3, -0.25) is 9.89 Å². The number of halogens is 1. The molecule has 2 N–H and O–H groups in total. The molecule has 1 aliphatic heterocycles. The fourth-order valence-corrected chi connectivity index (χ4v) is 2.53. The zero-order valence-corrected chi connectivity index (χ0v) is 11.7. The van der Waals surface area contributed by atoms with E-state index in [1.807, 2.05) is 4.90 Å². The number of likely N-dealkylation sites (tertiary alicyclic amines) is 1. The standard InChI is InChI=1S/C12H15ClN6O/c13-12-16-10(8-6-15-18-11(8)17-12)14-7-9(20)19-4-2-1-3-5-19/h6H,1-5,7H2,(H2,14,15,16,17,18). The molecule has 0 aromatic carbocycles. The van der Waals surface area contributed by atoms with Crippen molar-refractivity contribution in [3.05, 3.63) is 11.5 Å². The molecule has 0 saturated carbocycles. The maximum atomic E-state index is 12.1. The number of rotatable bonds is 3. The maximum Gasteiger partial charge on any atom is 0.241 e. The predicted octanol–water partition coefficient (Wildman–Crippen LogP) is 1.43. The average Bonchev–Trinajstić information content (AvgIpc) is 2.93. The van der Waals surface area contributed by atoms with Crippen LogP contribution in [0.4, 0.5) is 5.82 Å². The lowest BCUT2D eigenvalue weighted by Gasteiger charge is -2.26. The molecule has 20 heavy (non-hydrogen) atoms. The third-order valence-electron chi connectivity index (χ3n) is 3.40. The number of piperidine rings is 1. The third kappa shape index (κ3) is 2.67. The number of fused-ring (bicyclic) bond motifs is 1. The molecule has 0 bridgehead atoms. The van der Waals surface area contributed by atoms with Crippen molar-refractivity contribution in [2.75, 3.05) is 25.0 Å². The molecule has 0 atom stereocenters. The van der Waals surface area contributed by atoms with Crippen molar-refractivity contribution in [1.29, 1.82) is 0 Å². The van der Waals surface area contributed by atoms with Crippen LogP contribution in [0.1, 0.15) is 19.3 Å². The number of amides is 1. The van der Waals surface area contributed by atoms with Gasteiger partial charge in [-0.25, -0.2) is 0 Å². The first-order valence-corrected chi connectivity index (χ1v) is 7.00. The number of hydrogen-bond acceptors (Lipinski definition) is 5. The van der Waals surface area contributed by atoms with E-state index in [0.717, 1.165) is 31.3 Å². The summed E-state index contributed by atoms with van der Waals surface area (Å²) in [6.07, 6.45) is 4.97. The van der Waals surface area contributed by atoms with Gasteiger partial charge in [-0.1, -0.05) is 0 Å². The molecule has 2 aromatic heterocycles. The van der Waals surface area contributed by atoms with E-state index in [0.29, 0.717) is 11.5 Å². The molecule has 0 spiro atoms. The topological polar surface area (TPSA) is 86.8 Å². The van der Waals surface area contributed by atoms with Crippen LogP contribution in [0.25, 0.3) is 11.0 Å². The Morgan fingerprint density at radius 2 is 2.15 bits per heavy atom. The normalized spacial score (nSPS) is 15.6. The highest BCUT2D eigenvalue weighted by atomic mass is 35.5. The van der Waals surface area contributed by atoms with E-state index >= 15 is 0 Å². The van der Waals surface area contributed by atoms with Crippen molar-refractivity contribution >= 4 is 34.4 Å². The van der Waals surface area contributed by atoms with Crippen molar-refractivity contribution in [3.63, 3.8) is 0 Å². The molecule has 1 aliphatic rings. The molecule has 1 saturated heterocycles. The first-order chi connectivity index (χ1) is 9.74. The van der Waals surface area contributed by atoms with Crippen molar-refractivity contribution in [2.24, 2.45) is 0 Å². The number of nitrogens with one attached hydrogen (secondary N) is 2. The molecular weight excluding hydrogens is 280 g/mol. The highest BCUT2D eigenvalue weighted by Crippen LogP contribution is 2.19. The Hall–Kier alpha value is -1.89. The van der Waals surface area contributed by atoms with Crippen molar-refractivity contribution in [3.8, 4) is 0 Å². The molecule has 7 nitrogen and oxygen atoms in total. The summed E-state index contributed by atoms with van der Waals surface area (Å²) in [6.45, 7) is 1.88. The second-order valence-corrected chi connectivity index (χ2v) is 5.11. The fourth-order valence-electron chi connectivity index (χ4n) is 2.36. The summed E-state index contributed by atoms with van der Waals surface area (Å²) in [5.74, 6) is 0.607. The van der Waals surface area contributed by atoms with Gasteiger partial charge in [0.2, 0.25) is 11.2 Å².